The van der Waals surface area contributed by atoms with Gasteiger partial charge in [0.25, 0.3) is 0 Å². The second-order valence-corrected chi connectivity index (χ2v) is 3.59. The molecule has 1 unspecified atom stereocenters. The molecule has 10 heavy (non-hydrogen) atoms. The van der Waals surface area contributed by atoms with E-state index in [-0.39, 0.29) is 5.38 Å². The Balaban J connectivity index is 2.91. The largest absolute Gasteiger partial charge is 0.379 e. The molecule has 62 valence electrons. The van der Waals surface area contributed by atoms with E-state index in [9.17, 15) is 0 Å². The van der Waals surface area contributed by atoms with Crippen molar-refractivity contribution in [2.45, 2.75) is 45.1 Å². The molecule has 1 nitrogen and oxygen atoms in total. The first kappa shape index (κ1) is 10.2. The van der Waals surface area contributed by atoms with Gasteiger partial charge in [0.1, 0.15) is 0 Å². The van der Waals surface area contributed by atoms with Gasteiger partial charge in [-0.2, -0.15) is 0 Å². The first-order valence-corrected chi connectivity index (χ1v) is 4.32. The van der Waals surface area contributed by atoms with Crippen molar-refractivity contribution in [1.82, 2.24) is 0 Å². The summed E-state index contributed by atoms with van der Waals surface area (Å²) >= 11 is 5.74. The summed E-state index contributed by atoms with van der Waals surface area (Å²) in [5, 5.41) is 0.288. The van der Waals surface area contributed by atoms with Crippen LogP contribution in [0.25, 0.3) is 0 Å². The Morgan fingerprint density at radius 1 is 1.30 bits per heavy atom. The van der Waals surface area contributed by atoms with Crippen LogP contribution in [-0.4, -0.2) is 18.1 Å². The van der Waals surface area contributed by atoms with Crippen LogP contribution in [0.3, 0.4) is 0 Å². The highest BCUT2D eigenvalue weighted by Crippen LogP contribution is 2.04. The fourth-order valence-electron chi connectivity index (χ4n) is 0.684. The Morgan fingerprint density at radius 2 is 1.90 bits per heavy atom. The van der Waals surface area contributed by atoms with Crippen molar-refractivity contribution < 1.29 is 4.74 Å². The fourth-order valence-corrected chi connectivity index (χ4v) is 0.838. The minimum atomic E-state index is 0.288. The number of alkyl halides is 1. The van der Waals surface area contributed by atoms with Crippen LogP contribution >= 0.6 is 11.6 Å². The van der Waals surface area contributed by atoms with E-state index >= 15 is 0 Å². The molecule has 2 heteroatoms. The van der Waals surface area contributed by atoms with E-state index in [4.69, 9.17) is 16.3 Å². The maximum atomic E-state index is 5.74. The molecule has 1 atom stereocenters. The number of hydrogen-bond acceptors (Lipinski definition) is 1. The van der Waals surface area contributed by atoms with E-state index in [1.165, 1.54) is 0 Å². The molecule has 0 saturated carbocycles. The lowest BCUT2D eigenvalue weighted by molar-refractivity contribution is 0.0760. The molecule has 0 bridgehead atoms. The van der Waals surface area contributed by atoms with Crippen molar-refractivity contribution in [3.8, 4) is 0 Å². The Morgan fingerprint density at radius 3 is 2.30 bits per heavy atom. The first-order chi connectivity index (χ1) is 4.63. The van der Waals surface area contributed by atoms with Gasteiger partial charge in [-0.15, -0.1) is 11.6 Å². The van der Waals surface area contributed by atoms with Crippen molar-refractivity contribution in [2.24, 2.45) is 0 Å². The summed E-state index contributed by atoms with van der Waals surface area (Å²) in [5.41, 5.74) is 0. The molecule has 0 radical (unpaired) electrons. The van der Waals surface area contributed by atoms with Crippen LogP contribution in [0, 0.1) is 0 Å². The summed E-state index contributed by atoms with van der Waals surface area (Å²) in [4.78, 5) is 0. The van der Waals surface area contributed by atoms with E-state index in [0.29, 0.717) is 6.10 Å². The van der Waals surface area contributed by atoms with E-state index < -0.39 is 0 Å². The van der Waals surface area contributed by atoms with Gasteiger partial charge in [0.15, 0.2) is 0 Å². The third-order valence-electron chi connectivity index (χ3n) is 1.20. The smallest absolute Gasteiger partial charge is 0.0518 e. The summed E-state index contributed by atoms with van der Waals surface area (Å²) < 4.78 is 5.33. The minimum absolute atomic E-state index is 0.288. The Bertz CT molecular complexity index is 61.7. The normalized spacial score (nSPS) is 14.1. The average molecular weight is 165 g/mol. The maximum Gasteiger partial charge on any atom is 0.0518 e. The van der Waals surface area contributed by atoms with Gasteiger partial charge in [-0.3, -0.25) is 0 Å². The van der Waals surface area contributed by atoms with Gasteiger partial charge in [-0.05, 0) is 33.6 Å². The number of rotatable bonds is 5. The van der Waals surface area contributed by atoms with Gasteiger partial charge >= 0.3 is 0 Å². The van der Waals surface area contributed by atoms with Crippen LogP contribution in [0.1, 0.15) is 33.6 Å². The molecule has 0 spiro atoms. The quantitative estimate of drug-likeness (QED) is 0.449. The van der Waals surface area contributed by atoms with Crippen LogP contribution in [0.4, 0.5) is 0 Å². The van der Waals surface area contributed by atoms with Crippen LogP contribution in [0.2, 0.25) is 0 Å². The third kappa shape index (κ3) is 8.25. The van der Waals surface area contributed by atoms with Gasteiger partial charge in [0.2, 0.25) is 0 Å². The lowest BCUT2D eigenvalue weighted by Gasteiger charge is -2.07. The van der Waals surface area contributed by atoms with Crippen molar-refractivity contribution in [3.05, 3.63) is 0 Å². The van der Waals surface area contributed by atoms with Gasteiger partial charge in [0, 0.05) is 12.0 Å². The monoisotopic (exact) mass is 164 g/mol. The number of hydrogen-bond donors (Lipinski definition) is 0. The molecule has 0 N–H and O–H groups in total. The van der Waals surface area contributed by atoms with Gasteiger partial charge in [0.05, 0.1) is 6.10 Å². The Hall–Kier alpha value is 0.250. The molecule has 0 aromatic rings. The van der Waals surface area contributed by atoms with Crippen LogP contribution in [0.5, 0.6) is 0 Å². The highest BCUT2D eigenvalue weighted by atomic mass is 35.5. The van der Waals surface area contributed by atoms with Crippen molar-refractivity contribution in [3.63, 3.8) is 0 Å². The van der Waals surface area contributed by atoms with Crippen molar-refractivity contribution in [1.29, 1.82) is 0 Å². The molecule has 0 heterocycles. The summed E-state index contributed by atoms with van der Waals surface area (Å²) in [5.74, 6) is 0. The highest BCUT2D eigenvalue weighted by Gasteiger charge is 1.96. The topological polar surface area (TPSA) is 9.23 Å². The SMILES string of the molecule is CC(Cl)CCCOC(C)C. The molecule has 0 aliphatic carbocycles. The van der Waals surface area contributed by atoms with Gasteiger partial charge in [-0.1, -0.05) is 0 Å². The van der Waals surface area contributed by atoms with Crippen LogP contribution < -0.4 is 0 Å². The van der Waals surface area contributed by atoms with Crippen LogP contribution in [-0.2, 0) is 4.74 Å². The average Bonchev–Trinajstić information content (AvgIpc) is 1.79. The third-order valence-corrected chi connectivity index (χ3v) is 1.42. The zero-order chi connectivity index (χ0) is 7.98. The van der Waals surface area contributed by atoms with E-state index in [2.05, 4.69) is 0 Å². The van der Waals surface area contributed by atoms with Gasteiger partial charge in [-0.25, -0.2) is 0 Å². The molecule has 0 aliphatic heterocycles. The predicted molar refractivity (Wildman–Crippen MR) is 45.6 cm³/mol. The molecule has 0 aromatic heterocycles. The maximum absolute atomic E-state index is 5.74. The fraction of sp³-hybridized carbons (Fsp3) is 1.00. The second-order valence-electron chi connectivity index (χ2n) is 2.84. The summed E-state index contributed by atoms with van der Waals surface area (Å²) in [6.45, 7) is 6.94. The van der Waals surface area contributed by atoms with E-state index in [1.54, 1.807) is 0 Å². The van der Waals surface area contributed by atoms with Crippen molar-refractivity contribution in [2.75, 3.05) is 6.61 Å². The number of ether oxygens (including phenoxy) is 1. The molecule has 0 saturated heterocycles. The van der Waals surface area contributed by atoms with Crippen molar-refractivity contribution >= 4 is 11.6 Å². The van der Waals surface area contributed by atoms with E-state index in [0.717, 1.165) is 19.4 Å². The molecule has 0 aliphatic rings. The molecule has 0 rings (SSSR count). The predicted octanol–water partition coefficient (Wildman–Crippen LogP) is 2.82. The first-order valence-electron chi connectivity index (χ1n) is 3.88. The minimum Gasteiger partial charge on any atom is -0.379 e. The zero-order valence-corrected chi connectivity index (χ0v) is 7.82. The molecular formula is C8H17ClO. The summed E-state index contributed by atoms with van der Waals surface area (Å²) in [7, 11) is 0. The Labute approximate surface area is 68.7 Å². The molecular weight excluding hydrogens is 148 g/mol. The molecule has 0 amide bonds. The summed E-state index contributed by atoms with van der Waals surface area (Å²) in [6.07, 6.45) is 2.47. The standard InChI is InChI=1S/C8H17ClO/c1-7(2)10-6-4-5-8(3)9/h7-8H,4-6H2,1-3H3. The lowest BCUT2D eigenvalue weighted by Crippen LogP contribution is -2.05. The van der Waals surface area contributed by atoms with E-state index in [1.807, 2.05) is 20.8 Å². The molecule has 0 aromatic carbocycles. The highest BCUT2D eigenvalue weighted by molar-refractivity contribution is 6.20. The summed E-state index contributed by atoms with van der Waals surface area (Å²) in [6, 6.07) is 0. The Kier molecular flexibility index (Phi) is 6.14. The van der Waals surface area contributed by atoms with Gasteiger partial charge < -0.3 is 4.74 Å². The number of halogens is 1. The zero-order valence-electron chi connectivity index (χ0n) is 7.06. The van der Waals surface area contributed by atoms with Crippen LogP contribution in [0.15, 0.2) is 0 Å². The lowest BCUT2D eigenvalue weighted by atomic mass is 10.2. The second kappa shape index (κ2) is 5.99. The molecule has 0 fully saturated rings.